The molecule has 0 atom stereocenters. The molecule has 0 spiro atoms. The number of benzene rings is 3. The summed E-state index contributed by atoms with van der Waals surface area (Å²) in [7, 11) is -7.69. The van der Waals surface area contributed by atoms with Crippen LogP contribution in [-0.2, 0) is 20.0 Å². The van der Waals surface area contributed by atoms with E-state index in [1.165, 1.54) is 46.8 Å². The average Bonchev–Trinajstić information content (AvgIpc) is 2.86. The quantitative estimate of drug-likeness (QED) is 0.384. The molecule has 3 aromatic carbocycles. The lowest BCUT2D eigenvalue weighted by Crippen LogP contribution is -2.37. The van der Waals surface area contributed by atoms with E-state index < -0.39 is 26.0 Å². The molecule has 196 valence electrons. The van der Waals surface area contributed by atoms with Gasteiger partial charge in [-0.25, -0.2) is 16.8 Å². The normalized spacial score (nSPS) is 15.3. The highest BCUT2D eigenvalue weighted by Crippen LogP contribution is 2.28. The van der Waals surface area contributed by atoms with Gasteiger partial charge in [0.25, 0.3) is 15.9 Å². The Labute approximate surface area is 226 Å². The van der Waals surface area contributed by atoms with Gasteiger partial charge >= 0.3 is 0 Å². The molecular weight excluding hydrogens is 557 g/mol. The lowest BCUT2D eigenvalue weighted by Gasteiger charge is -2.29. The van der Waals surface area contributed by atoms with Crippen molar-refractivity contribution in [3.05, 3.63) is 82.3 Å². The van der Waals surface area contributed by atoms with Crippen LogP contribution in [0.25, 0.3) is 0 Å². The van der Waals surface area contributed by atoms with Gasteiger partial charge in [-0.1, -0.05) is 42.3 Å². The summed E-state index contributed by atoms with van der Waals surface area (Å²) in [6, 6.07) is 16.0. The van der Waals surface area contributed by atoms with Crippen LogP contribution >= 0.6 is 23.2 Å². The second kappa shape index (κ2) is 11.0. The number of nitrogens with one attached hydrogen (secondary N) is 2. The number of hydrogen-bond donors (Lipinski definition) is 2. The zero-order valence-electron chi connectivity index (χ0n) is 19.8. The summed E-state index contributed by atoms with van der Waals surface area (Å²) < 4.78 is 55.4. The first-order valence-corrected chi connectivity index (χ1v) is 15.1. The Morgan fingerprint density at radius 2 is 1.49 bits per heavy atom. The first-order chi connectivity index (χ1) is 17.5. The van der Waals surface area contributed by atoms with Gasteiger partial charge in [-0.2, -0.15) is 4.31 Å². The summed E-state index contributed by atoms with van der Waals surface area (Å²) >= 11 is 12.3. The molecule has 0 aromatic heterocycles. The van der Waals surface area contributed by atoms with Gasteiger partial charge in [-0.15, -0.1) is 0 Å². The Morgan fingerprint density at radius 3 is 2.14 bits per heavy atom. The highest BCUT2D eigenvalue weighted by atomic mass is 35.5. The fourth-order valence-corrected chi connectivity index (χ4v) is 6.90. The van der Waals surface area contributed by atoms with E-state index in [-0.39, 0.29) is 31.1 Å². The fourth-order valence-electron chi connectivity index (χ4n) is 3.88. The fraction of sp³-hybridized carbons (Fsp3) is 0.240. The Morgan fingerprint density at radius 1 is 0.865 bits per heavy atom. The summed E-state index contributed by atoms with van der Waals surface area (Å²) in [5.41, 5.74) is 0.534. The molecule has 0 radical (unpaired) electrons. The number of halogens is 2. The van der Waals surface area contributed by atoms with E-state index >= 15 is 0 Å². The number of para-hydroxylation sites is 1. The van der Waals surface area contributed by atoms with Gasteiger partial charge in [0.1, 0.15) is 0 Å². The predicted octanol–water partition coefficient (Wildman–Crippen LogP) is 5.47. The first kappa shape index (κ1) is 27.4. The van der Waals surface area contributed by atoms with Gasteiger partial charge in [-0.05, 0) is 73.4 Å². The van der Waals surface area contributed by atoms with Crippen LogP contribution in [0.4, 0.5) is 11.4 Å². The van der Waals surface area contributed by atoms with Gasteiger partial charge in [0, 0.05) is 18.8 Å². The van der Waals surface area contributed by atoms with Crippen LogP contribution < -0.4 is 10.0 Å². The largest absolute Gasteiger partial charge is 0.322 e. The molecule has 0 saturated carbocycles. The van der Waals surface area contributed by atoms with Crippen molar-refractivity contribution in [1.82, 2.24) is 4.31 Å². The van der Waals surface area contributed by atoms with E-state index in [4.69, 9.17) is 23.2 Å². The SMILES string of the molecule is CC1CCN(S(=O)(=O)c2ccc(Cl)c(C(=O)Nc3ccc(S(=O)(=O)Nc4ccccc4Cl)cc3)c2)CC1. The maximum atomic E-state index is 13.1. The van der Waals surface area contributed by atoms with E-state index in [0.29, 0.717) is 24.7 Å². The summed E-state index contributed by atoms with van der Waals surface area (Å²) in [4.78, 5) is 12.9. The molecule has 4 rings (SSSR count). The Balaban J connectivity index is 1.50. The molecule has 1 saturated heterocycles. The van der Waals surface area contributed by atoms with Crippen molar-refractivity contribution in [2.24, 2.45) is 5.92 Å². The molecule has 0 aliphatic carbocycles. The number of rotatable bonds is 7. The van der Waals surface area contributed by atoms with E-state index in [0.717, 1.165) is 12.8 Å². The highest BCUT2D eigenvalue weighted by molar-refractivity contribution is 7.92. The van der Waals surface area contributed by atoms with Crippen molar-refractivity contribution >= 4 is 60.5 Å². The Hall–Kier alpha value is -2.63. The molecule has 1 aliphatic heterocycles. The van der Waals surface area contributed by atoms with E-state index in [2.05, 4.69) is 17.0 Å². The van der Waals surface area contributed by atoms with Crippen molar-refractivity contribution in [2.75, 3.05) is 23.1 Å². The van der Waals surface area contributed by atoms with Gasteiger partial charge in [0.2, 0.25) is 10.0 Å². The van der Waals surface area contributed by atoms with Crippen LogP contribution in [-0.4, -0.2) is 40.1 Å². The van der Waals surface area contributed by atoms with Gasteiger partial charge < -0.3 is 5.32 Å². The molecule has 0 bridgehead atoms. The smallest absolute Gasteiger partial charge is 0.261 e. The maximum Gasteiger partial charge on any atom is 0.261 e. The minimum absolute atomic E-state index is 0.00907. The summed E-state index contributed by atoms with van der Waals surface area (Å²) in [6.07, 6.45) is 1.56. The van der Waals surface area contributed by atoms with Crippen LogP contribution in [0.3, 0.4) is 0 Å². The third kappa shape index (κ3) is 6.27. The number of nitrogens with zero attached hydrogens (tertiary/aromatic N) is 1. The molecule has 1 fully saturated rings. The number of anilines is 2. The lowest BCUT2D eigenvalue weighted by molar-refractivity contribution is 0.102. The van der Waals surface area contributed by atoms with Crippen LogP contribution in [0.2, 0.25) is 10.0 Å². The van der Waals surface area contributed by atoms with Crippen LogP contribution in [0.1, 0.15) is 30.1 Å². The van der Waals surface area contributed by atoms with E-state index in [1.807, 2.05) is 0 Å². The second-order valence-electron chi connectivity index (χ2n) is 8.79. The second-order valence-corrected chi connectivity index (χ2v) is 13.2. The monoisotopic (exact) mass is 581 g/mol. The summed E-state index contributed by atoms with van der Waals surface area (Å²) in [5.74, 6) is -0.162. The van der Waals surface area contributed by atoms with Crippen molar-refractivity contribution in [3.63, 3.8) is 0 Å². The Bertz CT molecular complexity index is 1520. The predicted molar refractivity (Wildman–Crippen MR) is 145 cm³/mol. The van der Waals surface area contributed by atoms with Crippen molar-refractivity contribution < 1.29 is 21.6 Å². The number of carbonyl (C=O) groups is 1. The van der Waals surface area contributed by atoms with E-state index in [1.54, 1.807) is 24.3 Å². The molecular formula is C25H25Cl2N3O5S2. The number of piperidine rings is 1. The number of carbonyl (C=O) groups excluding carboxylic acids is 1. The molecule has 37 heavy (non-hydrogen) atoms. The van der Waals surface area contributed by atoms with Crippen LogP contribution in [0.5, 0.6) is 0 Å². The topological polar surface area (TPSA) is 113 Å². The average molecular weight is 583 g/mol. The maximum absolute atomic E-state index is 13.1. The van der Waals surface area contributed by atoms with Gasteiger partial charge in [-0.3, -0.25) is 9.52 Å². The van der Waals surface area contributed by atoms with Gasteiger partial charge in [0.15, 0.2) is 0 Å². The third-order valence-corrected chi connectivity index (χ3v) is 10.0. The zero-order valence-corrected chi connectivity index (χ0v) is 23.0. The number of sulfonamides is 2. The molecule has 1 amide bonds. The summed E-state index contributed by atoms with van der Waals surface area (Å²) in [6.45, 7) is 2.94. The molecule has 2 N–H and O–H groups in total. The number of hydrogen-bond acceptors (Lipinski definition) is 5. The van der Waals surface area contributed by atoms with Crippen molar-refractivity contribution in [3.8, 4) is 0 Å². The molecule has 8 nitrogen and oxygen atoms in total. The van der Waals surface area contributed by atoms with E-state index in [9.17, 15) is 21.6 Å². The standard InChI is InChI=1S/C25H25Cl2N3O5S2/c1-17-12-14-30(15-13-17)37(34,35)20-10-11-22(26)21(16-20)25(31)28-18-6-8-19(9-7-18)36(32,33)29-24-5-3-2-4-23(24)27/h2-11,16-17,29H,12-15H2,1H3,(H,28,31). The molecule has 1 aliphatic rings. The summed E-state index contributed by atoms with van der Waals surface area (Å²) in [5, 5.41) is 2.98. The Kier molecular flexibility index (Phi) is 8.15. The number of amides is 1. The van der Waals surface area contributed by atoms with Crippen LogP contribution in [0, 0.1) is 5.92 Å². The van der Waals surface area contributed by atoms with Crippen molar-refractivity contribution in [2.45, 2.75) is 29.6 Å². The van der Waals surface area contributed by atoms with Gasteiger partial charge in [0.05, 0.1) is 31.1 Å². The van der Waals surface area contributed by atoms with Crippen LogP contribution in [0.15, 0.2) is 76.5 Å². The minimum atomic E-state index is -3.92. The first-order valence-electron chi connectivity index (χ1n) is 11.5. The third-order valence-electron chi connectivity index (χ3n) is 6.10. The zero-order chi connectivity index (χ0) is 26.8. The molecule has 3 aromatic rings. The lowest BCUT2D eigenvalue weighted by atomic mass is 10.0. The highest BCUT2D eigenvalue weighted by Gasteiger charge is 2.29. The molecule has 12 heteroatoms. The molecule has 0 unspecified atom stereocenters. The molecule has 1 heterocycles. The minimum Gasteiger partial charge on any atom is -0.322 e. The van der Waals surface area contributed by atoms with Crippen molar-refractivity contribution in [1.29, 1.82) is 0 Å².